The van der Waals surface area contributed by atoms with Crippen LogP contribution in [0.3, 0.4) is 0 Å². The van der Waals surface area contributed by atoms with Crippen molar-refractivity contribution in [3.8, 4) is 0 Å². The van der Waals surface area contributed by atoms with Crippen LogP contribution in [0.5, 0.6) is 0 Å². The molecule has 1 N–H and O–H groups in total. The first-order valence-corrected chi connectivity index (χ1v) is 7.32. The van der Waals surface area contributed by atoms with Gasteiger partial charge in [0.1, 0.15) is 0 Å². The zero-order chi connectivity index (χ0) is 13.8. The van der Waals surface area contributed by atoms with Gasteiger partial charge in [-0.25, -0.2) is 0 Å². The average molecular weight is 275 g/mol. The van der Waals surface area contributed by atoms with E-state index in [2.05, 4.69) is 10.3 Å². The maximum Gasteiger partial charge on any atom is 0.224 e. The van der Waals surface area contributed by atoms with Gasteiger partial charge in [-0.3, -0.25) is 9.78 Å². The second-order valence-corrected chi connectivity index (χ2v) is 5.54. The van der Waals surface area contributed by atoms with Gasteiger partial charge in [-0.15, -0.1) is 0 Å². The lowest BCUT2D eigenvalue weighted by Crippen LogP contribution is -2.45. The summed E-state index contributed by atoms with van der Waals surface area (Å²) in [6.45, 7) is 2.89. The standard InChI is InChI=1S/C15H21N3O2/c19-15(8-13-11-20-7-6-17-13)18(14-3-4-14)10-12-2-1-5-16-9-12/h1-2,5,9,13-14,17H,3-4,6-8,10-11H2. The molecule has 1 aromatic rings. The van der Waals surface area contributed by atoms with E-state index in [1.165, 1.54) is 0 Å². The summed E-state index contributed by atoms with van der Waals surface area (Å²) in [5.74, 6) is 0.222. The Labute approximate surface area is 119 Å². The first kappa shape index (κ1) is 13.5. The molecule has 1 aliphatic heterocycles. The highest BCUT2D eigenvalue weighted by Gasteiger charge is 2.33. The predicted octanol–water partition coefficient (Wildman–Crippen LogP) is 0.951. The van der Waals surface area contributed by atoms with Crippen molar-refractivity contribution in [1.82, 2.24) is 15.2 Å². The molecule has 2 aliphatic rings. The van der Waals surface area contributed by atoms with Crippen LogP contribution >= 0.6 is 0 Å². The number of carbonyl (C=O) groups is 1. The van der Waals surface area contributed by atoms with E-state index in [0.29, 0.717) is 25.6 Å². The first-order chi connectivity index (χ1) is 9.83. The number of nitrogens with zero attached hydrogens (tertiary/aromatic N) is 2. The molecule has 108 valence electrons. The van der Waals surface area contributed by atoms with Crippen molar-refractivity contribution < 1.29 is 9.53 Å². The number of nitrogens with one attached hydrogen (secondary N) is 1. The third kappa shape index (κ3) is 3.55. The summed E-state index contributed by atoms with van der Waals surface area (Å²) in [7, 11) is 0. The summed E-state index contributed by atoms with van der Waals surface area (Å²) in [4.78, 5) is 18.6. The molecule has 3 rings (SSSR count). The molecule has 5 heteroatoms. The van der Waals surface area contributed by atoms with E-state index in [1.807, 2.05) is 23.2 Å². The van der Waals surface area contributed by atoms with Gasteiger partial charge in [0.25, 0.3) is 0 Å². The second-order valence-electron chi connectivity index (χ2n) is 5.54. The van der Waals surface area contributed by atoms with Crippen molar-refractivity contribution in [2.75, 3.05) is 19.8 Å². The number of aromatic nitrogens is 1. The summed E-state index contributed by atoms with van der Waals surface area (Å²) >= 11 is 0. The van der Waals surface area contributed by atoms with Gasteiger partial charge in [0, 0.05) is 44.0 Å². The largest absolute Gasteiger partial charge is 0.378 e. The zero-order valence-corrected chi connectivity index (χ0v) is 11.6. The van der Waals surface area contributed by atoms with E-state index in [9.17, 15) is 4.79 Å². The number of pyridine rings is 1. The van der Waals surface area contributed by atoms with Gasteiger partial charge in [-0.1, -0.05) is 6.07 Å². The van der Waals surface area contributed by atoms with Gasteiger partial charge >= 0.3 is 0 Å². The molecule has 1 amide bonds. The molecule has 1 saturated heterocycles. The summed E-state index contributed by atoms with van der Waals surface area (Å²) in [6, 6.07) is 4.53. The number of rotatable bonds is 5. The lowest BCUT2D eigenvalue weighted by Gasteiger charge is -2.28. The first-order valence-electron chi connectivity index (χ1n) is 7.32. The van der Waals surface area contributed by atoms with Gasteiger partial charge in [0.2, 0.25) is 5.91 Å². The molecule has 2 fully saturated rings. The molecule has 1 unspecified atom stereocenters. The van der Waals surface area contributed by atoms with Crippen LogP contribution in [-0.2, 0) is 16.1 Å². The average Bonchev–Trinajstić information content (AvgIpc) is 3.31. The molecule has 5 nitrogen and oxygen atoms in total. The number of hydrogen-bond donors (Lipinski definition) is 1. The van der Waals surface area contributed by atoms with Gasteiger partial charge < -0.3 is 15.0 Å². The van der Waals surface area contributed by atoms with Gasteiger partial charge in [0.15, 0.2) is 0 Å². The molecule has 20 heavy (non-hydrogen) atoms. The monoisotopic (exact) mass is 275 g/mol. The van der Waals surface area contributed by atoms with Crippen LogP contribution in [-0.4, -0.2) is 47.6 Å². The van der Waals surface area contributed by atoms with Crippen molar-refractivity contribution in [3.05, 3.63) is 30.1 Å². The lowest BCUT2D eigenvalue weighted by molar-refractivity contribution is -0.133. The van der Waals surface area contributed by atoms with Crippen LogP contribution in [0.25, 0.3) is 0 Å². The molecule has 0 spiro atoms. The Balaban J connectivity index is 1.59. The quantitative estimate of drug-likeness (QED) is 0.869. The lowest BCUT2D eigenvalue weighted by atomic mass is 10.1. The number of hydrogen-bond acceptors (Lipinski definition) is 4. The van der Waals surface area contributed by atoms with Crippen molar-refractivity contribution >= 4 is 5.91 Å². The minimum atomic E-state index is 0.159. The molecule has 1 saturated carbocycles. The van der Waals surface area contributed by atoms with E-state index in [0.717, 1.165) is 31.6 Å². The summed E-state index contributed by atoms with van der Waals surface area (Å²) in [6.07, 6.45) is 6.37. The fraction of sp³-hybridized carbons (Fsp3) is 0.600. The Kier molecular flexibility index (Phi) is 4.28. The fourth-order valence-corrected chi connectivity index (χ4v) is 2.57. The van der Waals surface area contributed by atoms with Crippen molar-refractivity contribution in [2.24, 2.45) is 0 Å². The zero-order valence-electron chi connectivity index (χ0n) is 11.6. The maximum absolute atomic E-state index is 12.5. The third-order valence-electron chi connectivity index (χ3n) is 3.80. The van der Waals surface area contributed by atoms with Crippen molar-refractivity contribution in [2.45, 2.75) is 37.9 Å². The topological polar surface area (TPSA) is 54.5 Å². The molecule has 1 aliphatic carbocycles. The smallest absolute Gasteiger partial charge is 0.224 e. The van der Waals surface area contributed by atoms with Crippen LogP contribution in [0.1, 0.15) is 24.8 Å². The molecule has 1 aromatic heterocycles. The number of ether oxygens (including phenoxy) is 1. The fourth-order valence-electron chi connectivity index (χ4n) is 2.57. The minimum absolute atomic E-state index is 0.159. The summed E-state index contributed by atoms with van der Waals surface area (Å²) in [5, 5.41) is 3.34. The van der Waals surface area contributed by atoms with E-state index >= 15 is 0 Å². The Morgan fingerprint density at radius 3 is 3.05 bits per heavy atom. The van der Waals surface area contributed by atoms with Gasteiger partial charge in [-0.05, 0) is 24.5 Å². The van der Waals surface area contributed by atoms with Crippen LogP contribution in [0.4, 0.5) is 0 Å². The Hall–Kier alpha value is -1.46. The highest BCUT2D eigenvalue weighted by molar-refractivity contribution is 5.77. The molecule has 0 aromatic carbocycles. The summed E-state index contributed by atoms with van der Waals surface area (Å²) in [5.41, 5.74) is 1.10. The molecule has 2 heterocycles. The normalized spacial score (nSPS) is 22.5. The highest BCUT2D eigenvalue weighted by atomic mass is 16.5. The van der Waals surface area contributed by atoms with E-state index in [1.54, 1.807) is 6.20 Å². The maximum atomic E-state index is 12.5. The molecule has 0 radical (unpaired) electrons. The Morgan fingerprint density at radius 1 is 1.50 bits per heavy atom. The molecular formula is C15H21N3O2. The molecular weight excluding hydrogens is 254 g/mol. The molecule has 0 bridgehead atoms. The number of amides is 1. The summed E-state index contributed by atoms with van der Waals surface area (Å²) < 4.78 is 5.41. The van der Waals surface area contributed by atoms with Crippen LogP contribution in [0, 0.1) is 0 Å². The molecule has 1 atom stereocenters. The Morgan fingerprint density at radius 2 is 2.40 bits per heavy atom. The number of carbonyl (C=O) groups excluding carboxylic acids is 1. The van der Waals surface area contributed by atoms with Crippen LogP contribution < -0.4 is 5.32 Å². The van der Waals surface area contributed by atoms with Gasteiger partial charge in [-0.2, -0.15) is 0 Å². The van der Waals surface area contributed by atoms with E-state index in [-0.39, 0.29) is 11.9 Å². The minimum Gasteiger partial charge on any atom is -0.378 e. The predicted molar refractivity (Wildman–Crippen MR) is 75.0 cm³/mol. The Bertz CT molecular complexity index is 442. The van der Waals surface area contributed by atoms with Gasteiger partial charge in [0.05, 0.1) is 13.2 Å². The third-order valence-corrected chi connectivity index (χ3v) is 3.80. The van der Waals surface area contributed by atoms with Crippen molar-refractivity contribution in [3.63, 3.8) is 0 Å². The van der Waals surface area contributed by atoms with E-state index in [4.69, 9.17) is 4.74 Å². The van der Waals surface area contributed by atoms with E-state index < -0.39 is 0 Å². The number of morpholine rings is 1. The second kappa shape index (κ2) is 6.33. The van der Waals surface area contributed by atoms with Crippen LogP contribution in [0.2, 0.25) is 0 Å². The van der Waals surface area contributed by atoms with Crippen LogP contribution in [0.15, 0.2) is 24.5 Å². The highest BCUT2D eigenvalue weighted by Crippen LogP contribution is 2.29. The SMILES string of the molecule is O=C(CC1COCCN1)N(Cc1cccnc1)C1CC1. The van der Waals surface area contributed by atoms with Crippen molar-refractivity contribution in [1.29, 1.82) is 0 Å².